The van der Waals surface area contributed by atoms with E-state index in [4.69, 9.17) is 4.74 Å². The average molecular weight is 419 g/mol. The second-order valence-electron chi connectivity index (χ2n) is 7.53. The number of ether oxygens (including phenoxy) is 1. The third-order valence-corrected chi connectivity index (χ3v) is 6.48. The fraction of sp³-hybridized carbons (Fsp3) is 0.500. The van der Waals surface area contributed by atoms with Crippen molar-refractivity contribution in [3.05, 3.63) is 52.0 Å². The molecule has 2 aromatic rings. The minimum Gasteiger partial charge on any atom is -0.494 e. The SMILES string of the molecule is CN=C(NCC(C)c1cccs1)NC1CCN(Cc2ccc(OC)c(F)c2)CC1. The van der Waals surface area contributed by atoms with E-state index in [1.807, 2.05) is 13.1 Å². The molecule has 158 valence electrons. The number of methoxy groups -OCH3 is 1. The van der Waals surface area contributed by atoms with Crippen LogP contribution in [0.1, 0.15) is 36.1 Å². The summed E-state index contributed by atoms with van der Waals surface area (Å²) in [6.45, 7) is 5.81. The fourth-order valence-electron chi connectivity index (χ4n) is 3.61. The standard InChI is InChI=1S/C22H31FN4OS/c1-16(21-5-4-12-29-21)14-25-22(24-2)26-18-8-10-27(11-9-18)15-17-6-7-20(28-3)19(23)13-17/h4-7,12-13,16,18H,8-11,14-15H2,1-3H3,(H2,24,25,26). The molecule has 7 heteroatoms. The molecule has 0 spiro atoms. The maximum Gasteiger partial charge on any atom is 0.191 e. The Bertz CT molecular complexity index is 788. The van der Waals surface area contributed by atoms with Crippen molar-refractivity contribution in [2.45, 2.75) is 38.3 Å². The van der Waals surface area contributed by atoms with E-state index in [1.54, 1.807) is 23.5 Å². The summed E-state index contributed by atoms with van der Waals surface area (Å²) in [5, 5.41) is 9.12. The first-order chi connectivity index (χ1) is 14.1. The van der Waals surface area contributed by atoms with Crippen LogP contribution in [0.4, 0.5) is 4.39 Å². The Labute approximate surface area is 177 Å². The van der Waals surface area contributed by atoms with E-state index >= 15 is 0 Å². The quantitative estimate of drug-likeness (QED) is 0.530. The third kappa shape index (κ3) is 6.18. The summed E-state index contributed by atoms with van der Waals surface area (Å²) in [5.74, 6) is 1.32. The number of guanidine groups is 1. The molecule has 1 aliphatic rings. The van der Waals surface area contributed by atoms with Gasteiger partial charge < -0.3 is 15.4 Å². The molecule has 29 heavy (non-hydrogen) atoms. The van der Waals surface area contributed by atoms with Gasteiger partial charge in [0.05, 0.1) is 7.11 Å². The monoisotopic (exact) mass is 418 g/mol. The molecule has 0 amide bonds. The van der Waals surface area contributed by atoms with Crippen molar-refractivity contribution in [1.29, 1.82) is 0 Å². The lowest BCUT2D eigenvalue weighted by atomic mass is 10.0. The number of nitrogens with one attached hydrogen (secondary N) is 2. The molecule has 1 atom stereocenters. The number of aliphatic imine (C=N–C) groups is 1. The number of likely N-dealkylation sites (tertiary alicyclic amines) is 1. The molecule has 0 radical (unpaired) electrons. The maximum absolute atomic E-state index is 13.9. The molecule has 3 rings (SSSR count). The van der Waals surface area contributed by atoms with Crippen molar-refractivity contribution < 1.29 is 9.13 Å². The molecule has 2 N–H and O–H groups in total. The molecule has 1 fully saturated rings. The van der Waals surface area contributed by atoms with Gasteiger partial charge in [-0.1, -0.05) is 19.1 Å². The molecule has 0 aliphatic carbocycles. The lowest BCUT2D eigenvalue weighted by Crippen LogP contribution is -2.49. The van der Waals surface area contributed by atoms with Crippen LogP contribution in [0.3, 0.4) is 0 Å². The molecule has 1 aromatic heterocycles. The molecule has 0 saturated carbocycles. The van der Waals surface area contributed by atoms with Crippen LogP contribution in [-0.4, -0.2) is 50.7 Å². The van der Waals surface area contributed by atoms with Gasteiger partial charge in [0.25, 0.3) is 0 Å². The van der Waals surface area contributed by atoms with Gasteiger partial charge >= 0.3 is 0 Å². The van der Waals surface area contributed by atoms with E-state index in [2.05, 4.69) is 45.0 Å². The highest BCUT2D eigenvalue weighted by atomic mass is 32.1. The van der Waals surface area contributed by atoms with E-state index in [1.165, 1.54) is 12.0 Å². The Morgan fingerprint density at radius 2 is 2.14 bits per heavy atom. The molecular formula is C22H31FN4OS. The highest BCUT2D eigenvalue weighted by molar-refractivity contribution is 7.10. The summed E-state index contributed by atoms with van der Waals surface area (Å²) in [7, 11) is 3.31. The summed E-state index contributed by atoms with van der Waals surface area (Å²) < 4.78 is 18.9. The third-order valence-electron chi connectivity index (χ3n) is 5.38. The van der Waals surface area contributed by atoms with Gasteiger partial charge in [-0.05, 0) is 42.0 Å². The highest BCUT2D eigenvalue weighted by Crippen LogP contribution is 2.21. The first kappa shape index (κ1) is 21.6. The summed E-state index contributed by atoms with van der Waals surface area (Å²) in [6.07, 6.45) is 2.08. The minimum atomic E-state index is -0.298. The van der Waals surface area contributed by atoms with Gasteiger partial charge in [-0.2, -0.15) is 0 Å². The van der Waals surface area contributed by atoms with E-state index in [0.717, 1.165) is 50.5 Å². The van der Waals surface area contributed by atoms with Crippen molar-refractivity contribution in [3.63, 3.8) is 0 Å². The number of rotatable bonds is 7. The summed E-state index contributed by atoms with van der Waals surface area (Å²) in [6, 6.07) is 9.89. The fourth-order valence-corrected chi connectivity index (χ4v) is 4.40. The Kier molecular flexibility index (Phi) is 7.89. The van der Waals surface area contributed by atoms with Crippen LogP contribution in [0.15, 0.2) is 40.7 Å². The summed E-state index contributed by atoms with van der Waals surface area (Å²) >= 11 is 1.79. The van der Waals surface area contributed by atoms with Crippen molar-refractivity contribution in [3.8, 4) is 5.75 Å². The minimum absolute atomic E-state index is 0.295. The molecule has 1 aromatic carbocycles. The molecule has 2 heterocycles. The van der Waals surface area contributed by atoms with E-state index in [-0.39, 0.29) is 5.82 Å². The van der Waals surface area contributed by atoms with Crippen molar-refractivity contribution >= 4 is 17.3 Å². The number of thiophene rings is 1. The van der Waals surface area contributed by atoms with Gasteiger partial charge in [0, 0.05) is 50.1 Å². The molecule has 1 saturated heterocycles. The maximum atomic E-state index is 13.9. The van der Waals surface area contributed by atoms with Crippen molar-refractivity contribution in [1.82, 2.24) is 15.5 Å². The highest BCUT2D eigenvalue weighted by Gasteiger charge is 2.20. The predicted octanol–water partition coefficient (Wildman–Crippen LogP) is 3.83. The zero-order valence-electron chi connectivity index (χ0n) is 17.5. The van der Waals surface area contributed by atoms with E-state index in [0.29, 0.717) is 17.7 Å². The zero-order chi connectivity index (χ0) is 20.6. The lowest BCUT2D eigenvalue weighted by Gasteiger charge is -2.33. The summed E-state index contributed by atoms with van der Waals surface area (Å²) in [4.78, 5) is 8.13. The first-order valence-electron chi connectivity index (χ1n) is 10.1. The number of hydrogen-bond acceptors (Lipinski definition) is 4. The largest absolute Gasteiger partial charge is 0.494 e. The van der Waals surface area contributed by atoms with Crippen LogP contribution >= 0.6 is 11.3 Å². The van der Waals surface area contributed by atoms with Crippen molar-refractivity contribution in [2.75, 3.05) is 33.8 Å². The van der Waals surface area contributed by atoms with Gasteiger partial charge in [-0.25, -0.2) is 4.39 Å². The number of benzene rings is 1. The zero-order valence-corrected chi connectivity index (χ0v) is 18.3. The van der Waals surface area contributed by atoms with Crippen LogP contribution in [0.25, 0.3) is 0 Å². The number of hydrogen-bond donors (Lipinski definition) is 2. The van der Waals surface area contributed by atoms with E-state index in [9.17, 15) is 4.39 Å². The second-order valence-corrected chi connectivity index (χ2v) is 8.51. The van der Waals surface area contributed by atoms with Gasteiger partial charge in [-0.3, -0.25) is 9.89 Å². The van der Waals surface area contributed by atoms with Crippen molar-refractivity contribution in [2.24, 2.45) is 4.99 Å². The van der Waals surface area contributed by atoms with E-state index < -0.39 is 0 Å². The number of nitrogens with zero attached hydrogens (tertiary/aromatic N) is 2. The molecule has 0 bridgehead atoms. The van der Waals surface area contributed by atoms with Gasteiger partial charge in [0.15, 0.2) is 17.5 Å². The summed E-state index contributed by atoms with van der Waals surface area (Å²) in [5.41, 5.74) is 0.981. The van der Waals surface area contributed by atoms with Crippen LogP contribution in [0.2, 0.25) is 0 Å². The van der Waals surface area contributed by atoms with Crippen LogP contribution in [0, 0.1) is 5.82 Å². The molecule has 5 nitrogen and oxygen atoms in total. The van der Waals surface area contributed by atoms with Gasteiger partial charge in [0.1, 0.15) is 0 Å². The molecule has 1 unspecified atom stereocenters. The molecule has 1 aliphatic heterocycles. The number of halogens is 1. The lowest BCUT2D eigenvalue weighted by molar-refractivity contribution is 0.198. The van der Waals surface area contributed by atoms with Crippen LogP contribution < -0.4 is 15.4 Å². The normalized spacial score (nSPS) is 17.2. The average Bonchev–Trinajstić information content (AvgIpc) is 3.27. The second kappa shape index (κ2) is 10.6. The predicted molar refractivity (Wildman–Crippen MR) is 118 cm³/mol. The smallest absolute Gasteiger partial charge is 0.191 e. The van der Waals surface area contributed by atoms with Crippen LogP contribution in [-0.2, 0) is 6.54 Å². The Morgan fingerprint density at radius 3 is 2.76 bits per heavy atom. The molecular weight excluding hydrogens is 387 g/mol. The Balaban J connectivity index is 1.42. The Morgan fingerprint density at radius 1 is 1.34 bits per heavy atom. The number of piperidine rings is 1. The van der Waals surface area contributed by atoms with Gasteiger partial charge in [0.2, 0.25) is 0 Å². The Hall–Kier alpha value is -2.12. The van der Waals surface area contributed by atoms with Crippen LogP contribution in [0.5, 0.6) is 5.75 Å². The van der Waals surface area contributed by atoms with Gasteiger partial charge in [-0.15, -0.1) is 11.3 Å². The first-order valence-corrected chi connectivity index (χ1v) is 11.0. The topological polar surface area (TPSA) is 48.9 Å².